The Hall–Kier alpha value is -0.860. The number of rotatable bonds is 3. The first kappa shape index (κ1) is 13.8. The van der Waals surface area contributed by atoms with E-state index < -0.39 is 0 Å². The van der Waals surface area contributed by atoms with Crippen molar-refractivity contribution in [1.29, 1.82) is 0 Å². The maximum absolute atomic E-state index is 2.85. The summed E-state index contributed by atoms with van der Waals surface area (Å²) in [4.78, 5) is 5.60. The van der Waals surface area contributed by atoms with E-state index in [0.29, 0.717) is 11.6 Å². The molecule has 2 atom stereocenters. The zero-order valence-corrected chi connectivity index (χ0v) is 13.5. The molecule has 2 saturated heterocycles. The molecule has 2 nitrogen and oxygen atoms in total. The first-order chi connectivity index (χ1) is 10.2. The first-order valence-electron chi connectivity index (χ1n) is 8.72. The average molecular weight is 284 g/mol. The van der Waals surface area contributed by atoms with Crippen LogP contribution in [0, 0.1) is 5.92 Å². The summed E-state index contributed by atoms with van der Waals surface area (Å²) < 4.78 is 0. The Kier molecular flexibility index (Phi) is 3.35. The van der Waals surface area contributed by atoms with Crippen LogP contribution in [0.5, 0.6) is 0 Å². The molecule has 21 heavy (non-hydrogen) atoms. The highest BCUT2D eigenvalue weighted by molar-refractivity contribution is 5.22. The normalized spacial score (nSPS) is 31.3. The van der Waals surface area contributed by atoms with Crippen molar-refractivity contribution in [2.24, 2.45) is 5.92 Å². The minimum atomic E-state index is 0.356. The minimum absolute atomic E-state index is 0.356. The Balaban J connectivity index is 1.66. The van der Waals surface area contributed by atoms with E-state index in [-0.39, 0.29) is 0 Å². The molecule has 1 aromatic rings. The molecule has 1 saturated carbocycles. The third-order valence-corrected chi connectivity index (χ3v) is 6.19. The van der Waals surface area contributed by atoms with Crippen molar-refractivity contribution in [3.63, 3.8) is 0 Å². The molecule has 2 heterocycles. The highest BCUT2D eigenvalue weighted by Crippen LogP contribution is 2.47. The van der Waals surface area contributed by atoms with E-state index in [1.807, 2.05) is 0 Å². The Morgan fingerprint density at radius 2 is 1.76 bits per heavy atom. The van der Waals surface area contributed by atoms with E-state index in [2.05, 4.69) is 54.0 Å². The van der Waals surface area contributed by atoms with Gasteiger partial charge < -0.3 is 0 Å². The summed E-state index contributed by atoms with van der Waals surface area (Å²) in [6.45, 7) is 8.79. The molecular weight excluding hydrogens is 256 g/mol. The molecule has 0 radical (unpaired) electrons. The first-order valence-corrected chi connectivity index (χ1v) is 8.72. The third-order valence-electron chi connectivity index (χ3n) is 6.19. The molecule has 1 aromatic carbocycles. The second-order valence-electron chi connectivity index (χ2n) is 7.80. The standard InChI is InChI=1S/C19H28N2/c1-19(2,16-10-11-16)21-13-17-9-6-12-20(17)14-18(21)15-7-4-3-5-8-15/h3-5,7-8,16-18H,6,9-14H2,1-2H3. The van der Waals surface area contributed by atoms with Crippen LogP contribution in [0.15, 0.2) is 30.3 Å². The van der Waals surface area contributed by atoms with Gasteiger partial charge in [-0.25, -0.2) is 0 Å². The van der Waals surface area contributed by atoms with E-state index in [1.165, 1.54) is 50.9 Å². The van der Waals surface area contributed by atoms with Gasteiger partial charge in [-0.15, -0.1) is 0 Å². The highest BCUT2D eigenvalue weighted by Gasteiger charge is 2.48. The number of hydrogen-bond donors (Lipinski definition) is 0. The summed E-state index contributed by atoms with van der Waals surface area (Å²) in [5.41, 5.74) is 1.87. The molecule has 3 aliphatic rings. The SMILES string of the molecule is CC(C)(C1CC1)N1CC2CCCN2CC1c1ccccc1. The average Bonchev–Trinajstić information content (AvgIpc) is 3.26. The maximum Gasteiger partial charge on any atom is 0.0481 e. The quantitative estimate of drug-likeness (QED) is 0.835. The fraction of sp³-hybridized carbons (Fsp3) is 0.684. The summed E-state index contributed by atoms with van der Waals surface area (Å²) >= 11 is 0. The van der Waals surface area contributed by atoms with Gasteiger partial charge in [0, 0.05) is 30.7 Å². The van der Waals surface area contributed by atoms with Crippen LogP contribution in [0.25, 0.3) is 0 Å². The summed E-state index contributed by atoms with van der Waals surface area (Å²) in [7, 11) is 0. The molecule has 2 unspecified atom stereocenters. The molecule has 4 rings (SSSR count). The summed E-state index contributed by atoms with van der Waals surface area (Å²) in [5, 5.41) is 0. The van der Waals surface area contributed by atoms with Crippen LogP contribution < -0.4 is 0 Å². The smallest absolute Gasteiger partial charge is 0.0481 e. The molecule has 3 fully saturated rings. The number of fused-ring (bicyclic) bond motifs is 1. The van der Waals surface area contributed by atoms with E-state index in [1.54, 1.807) is 0 Å². The minimum Gasteiger partial charge on any atom is -0.297 e. The van der Waals surface area contributed by atoms with Crippen molar-refractivity contribution < 1.29 is 0 Å². The van der Waals surface area contributed by atoms with Crippen LogP contribution in [0.1, 0.15) is 51.1 Å². The molecule has 0 amide bonds. The summed E-state index contributed by atoms with van der Waals surface area (Å²) in [5.74, 6) is 0.914. The third kappa shape index (κ3) is 2.43. The number of hydrogen-bond acceptors (Lipinski definition) is 2. The zero-order chi connectivity index (χ0) is 14.4. The number of piperazine rings is 1. The largest absolute Gasteiger partial charge is 0.297 e. The van der Waals surface area contributed by atoms with Crippen molar-refractivity contribution in [3.05, 3.63) is 35.9 Å². The van der Waals surface area contributed by atoms with Gasteiger partial charge in [-0.1, -0.05) is 30.3 Å². The van der Waals surface area contributed by atoms with Crippen LogP contribution in [-0.4, -0.2) is 41.0 Å². The molecular formula is C19H28N2. The van der Waals surface area contributed by atoms with Crippen molar-refractivity contribution in [2.75, 3.05) is 19.6 Å². The van der Waals surface area contributed by atoms with Gasteiger partial charge in [-0.2, -0.15) is 0 Å². The van der Waals surface area contributed by atoms with E-state index >= 15 is 0 Å². The van der Waals surface area contributed by atoms with Gasteiger partial charge in [-0.3, -0.25) is 9.80 Å². The second kappa shape index (κ2) is 5.10. The van der Waals surface area contributed by atoms with Gasteiger partial charge in [0.05, 0.1) is 0 Å². The van der Waals surface area contributed by atoms with Crippen LogP contribution in [-0.2, 0) is 0 Å². The van der Waals surface area contributed by atoms with Crippen molar-refractivity contribution in [1.82, 2.24) is 9.80 Å². The van der Waals surface area contributed by atoms with Crippen molar-refractivity contribution >= 4 is 0 Å². The molecule has 1 aliphatic carbocycles. The van der Waals surface area contributed by atoms with Gasteiger partial charge in [0.15, 0.2) is 0 Å². The predicted molar refractivity (Wildman–Crippen MR) is 87.3 cm³/mol. The summed E-state index contributed by atoms with van der Waals surface area (Å²) in [6.07, 6.45) is 5.65. The molecule has 0 aromatic heterocycles. The fourth-order valence-electron chi connectivity index (χ4n) is 4.64. The Labute approximate surface area is 129 Å². The second-order valence-corrected chi connectivity index (χ2v) is 7.80. The molecule has 2 aliphatic heterocycles. The molecule has 2 heteroatoms. The lowest BCUT2D eigenvalue weighted by atomic mass is 9.89. The van der Waals surface area contributed by atoms with Gasteiger partial charge in [-0.05, 0) is 57.6 Å². The predicted octanol–water partition coefficient (Wildman–Crippen LogP) is 3.70. The molecule has 114 valence electrons. The Morgan fingerprint density at radius 3 is 2.48 bits per heavy atom. The molecule has 0 N–H and O–H groups in total. The monoisotopic (exact) mass is 284 g/mol. The van der Waals surface area contributed by atoms with Crippen molar-refractivity contribution in [3.8, 4) is 0 Å². The van der Waals surface area contributed by atoms with Gasteiger partial charge in [0.2, 0.25) is 0 Å². The van der Waals surface area contributed by atoms with Crippen LogP contribution in [0.2, 0.25) is 0 Å². The number of nitrogens with zero attached hydrogens (tertiary/aromatic N) is 2. The lowest BCUT2D eigenvalue weighted by Gasteiger charge is -2.51. The number of benzene rings is 1. The van der Waals surface area contributed by atoms with Gasteiger partial charge in [0.1, 0.15) is 0 Å². The summed E-state index contributed by atoms with van der Waals surface area (Å²) in [6, 6.07) is 12.6. The molecule has 0 spiro atoms. The van der Waals surface area contributed by atoms with Crippen LogP contribution in [0.3, 0.4) is 0 Å². The van der Waals surface area contributed by atoms with E-state index in [9.17, 15) is 0 Å². The van der Waals surface area contributed by atoms with E-state index in [0.717, 1.165) is 12.0 Å². The van der Waals surface area contributed by atoms with E-state index in [4.69, 9.17) is 0 Å². The van der Waals surface area contributed by atoms with Crippen LogP contribution >= 0.6 is 0 Å². The fourth-order valence-corrected chi connectivity index (χ4v) is 4.64. The Bertz CT molecular complexity index is 492. The van der Waals surface area contributed by atoms with Gasteiger partial charge in [0.25, 0.3) is 0 Å². The van der Waals surface area contributed by atoms with Crippen molar-refractivity contribution in [2.45, 2.75) is 57.2 Å². The Morgan fingerprint density at radius 1 is 1.00 bits per heavy atom. The van der Waals surface area contributed by atoms with Gasteiger partial charge >= 0.3 is 0 Å². The molecule has 0 bridgehead atoms. The lowest BCUT2D eigenvalue weighted by Crippen LogP contribution is -2.59. The maximum atomic E-state index is 2.85. The zero-order valence-electron chi connectivity index (χ0n) is 13.5. The highest BCUT2D eigenvalue weighted by atomic mass is 15.3. The topological polar surface area (TPSA) is 6.48 Å². The lowest BCUT2D eigenvalue weighted by molar-refractivity contribution is -0.0266. The van der Waals surface area contributed by atoms with Crippen LogP contribution in [0.4, 0.5) is 0 Å².